The predicted molar refractivity (Wildman–Crippen MR) is 51.2 cm³/mol. The normalized spacial score (nSPS) is 37.8. The van der Waals surface area contributed by atoms with E-state index in [9.17, 15) is 0 Å². The Morgan fingerprint density at radius 2 is 1.67 bits per heavy atom. The van der Waals surface area contributed by atoms with E-state index in [0.29, 0.717) is 0 Å². The second kappa shape index (κ2) is 3.75. The van der Waals surface area contributed by atoms with Crippen LogP contribution in [0.15, 0.2) is 0 Å². The fourth-order valence-corrected chi connectivity index (χ4v) is 2.17. The Balaban J connectivity index is 1.67. The summed E-state index contributed by atoms with van der Waals surface area (Å²) in [6, 6.07) is 1.61. The van der Waals surface area contributed by atoms with E-state index < -0.39 is 0 Å². The third-order valence-corrected chi connectivity index (χ3v) is 3.27. The minimum Gasteiger partial charge on any atom is -0.314 e. The highest BCUT2D eigenvalue weighted by molar-refractivity contribution is 4.86. The molecule has 0 atom stereocenters. The van der Waals surface area contributed by atoms with E-state index >= 15 is 0 Å². The zero-order valence-corrected chi connectivity index (χ0v) is 7.97. The van der Waals surface area contributed by atoms with Crippen molar-refractivity contribution in [2.75, 3.05) is 13.1 Å². The molecule has 0 radical (unpaired) electrons. The second-order valence-electron chi connectivity index (χ2n) is 4.48. The molecule has 2 heteroatoms. The van der Waals surface area contributed by atoms with Gasteiger partial charge in [0.15, 0.2) is 0 Å². The molecule has 0 unspecified atom stereocenters. The molecule has 0 aromatic carbocycles. The molecule has 1 heterocycles. The van der Waals surface area contributed by atoms with Crippen LogP contribution in [0.25, 0.3) is 0 Å². The highest BCUT2D eigenvalue weighted by Crippen LogP contribution is 2.23. The largest absolute Gasteiger partial charge is 0.314 e. The minimum atomic E-state index is 0.781. The Morgan fingerprint density at radius 1 is 1.00 bits per heavy atom. The van der Waals surface area contributed by atoms with Crippen molar-refractivity contribution >= 4 is 0 Å². The quantitative estimate of drug-likeness (QED) is 0.646. The van der Waals surface area contributed by atoms with Gasteiger partial charge in [0.2, 0.25) is 0 Å². The lowest BCUT2D eigenvalue weighted by molar-refractivity contribution is 0.254. The van der Waals surface area contributed by atoms with Crippen LogP contribution in [0.1, 0.15) is 32.6 Å². The summed E-state index contributed by atoms with van der Waals surface area (Å²) >= 11 is 0. The Kier molecular flexibility index (Phi) is 2.66. The average molecular weight is 168 g/mol. The van der Waals surface area contributed by atoms with E-state index in [1.807, 2.05) is 0 Å². The van der Waals surface area contributed by atoms with E-state index in [0.717, 1.165) is 18.0 Å². The van der Waals surface area contributed by atoms with Gasteiger partial charge in [-0.3, -0.25) is 0 Å². The van der Waals surface area contributed by atoms with Crippen LogP contribution in [0, 0.1) is 5.92 Å². The van der Waals surface area contributed by atoms with Gasteiger partial charge in [-0.1, -0.05) is 6.92 Å². The lowest BCUT2D eigenvalue weighted by Crippen LogP contribution is -2.58. The lowest BCUT2D eigenvalue weighted by Gasteiger charge is -2.35. The van der Waals surface area contributed by atoms with Gasteiger partial charge < -0.3 is 10.6 Å². The molecule has 2 rings (SSSR count). The van der Waals surface area contributed by atoms with Crippen LogP contribution >= 0.6 is 0 Å². The van der Waals surface area contributed by atoms with Gasteiger partial charge in [-0.25, -0.2) is 0 Å². The van der Waals surface area contributed by atoms with Crippen LogP contribution in [0.5, 0.6) is 0 Å². The summed E-state index contributed by atoms with van der Waals surface area (Å²) in [4.78, 5) is 0. The number of hydrogen-bond donors (Lipinski definition) is 2. The maximum Gasteiger partial charge on any atom is 0.0319 e. The van der Waals surface area contributed by atoms with E-state index in [1.54, 1.807) is 0 Å². The number of rotatable bonds is 2. The highest BCUT2D eigenvalue weighted by Gasteiger charge is 2.23. The topological polar surface area (TPSA) is 24.1 Å². The molecule has 2 nitrogen and oxygen atoms in total. The molecule has 1 saturated heterocycles. The van der Waals surface area contributed by atoms with Crippen molar-refractivity contribution in [3.63, 3.8) is 0 Å². The molecule has 12 heavy (non-hydrogen) atoms. The molecule has 2 aliphatic rings. The van der Waals surface area contributed by atoms with Crippen molar-refractivity contribution in [2.24, 2.45) is 5.92 Å². The molecule has 0 aromatic rings. The summed E-state index contributed by atoms with van der Waals surface area (Å²) in [7, 11) is 0. The standard InChI is InChI=1S/C10H20N2/c1-8-2-4-9(5-3-8)12-10-6-11-7-10/h8-12H,2-7H2,1H3. The summed E-state index contributed by atoms with van der Waals surface area (Å²) in [6.45, 7) is 4.75. The maximum absolute atomic E-state index is 3.71. The van der Waals surface area contributed by atoms with Crippen molar-refractivity contribution in [1.29, 1.82) is 0 Å². The molecular weight excluding hydrogens is 148 g/mol. The fraction of sp³-hybridized carbons (Fsp3) is 1.00. The number of hydrogen-bond acceptors (Lipinski definition) is 2. The molecule has 0 bridgehead atoms. The van der Waals surface area contributed by atoms with E-state index in [4.69, 9.17) is 0 Å². The first kappa shape index (κ1) is 8.52. The van der Waals surface area contributed by atoms with Crippen molar-refractivity contribution in [3.05, 3.63) is 0 Å². The zero-order chi connectivity index (χ0) is 8.39. The van der Waals surface area contributed by atoms with Gasteiger partial charge in [0.1, 0.15) is 0 Å². The van der Waals surface area contributed by atoms with Crippen LogP contribution in [-0.2, 0) is 0 Å². The SMILES string of the molecule is CC1CCC(NC2CNC2)CC1. The van der Waals surface area contributed by atoms with Gasteiger partial charge >= 0.3 is 0 Å². The van der Waals surface area contributed by atoms with Crippen LogP contribution < -0.4 is 10.6 Å². The lowest BCUT2D eigenvalue weighted by atomic mass is 9.87. The van der Waals surface area contributed by atoms with Crippen molar-refractivity contribution < 1.29 is 0 Å². The van der Waals surface area contributed by atoms with Crippen LogP contribution in [0.3, 0.4) is 0 Å². The molecular formula is C10H20N2. The van der Waals surface area contributed by atoms with Crippen LogP contribution in [0.2, 0.25) is 0 Å². The molecule has 1 aliphatic heterocycles. The van der Waals surface area contributed by atoms with Gasteiger partial charge in [-0.05, 0) is 31.6 Å². The summed E-state index contributed by atoms with van der Waals surface area (Å²) < 4.78 is 0. The predicted octanol–water partition coefficient (Wildman–Crippen LogP) is 1.13. The summed E-state index contributed by atoms with van der Waals surface area (Å²) in [5, 5.41) is 7.01. The summed E-state index contributed by atoms with van der Waals surface area (Å²) in [5.74, 6) is 0.975. The molecule has 70 valence electrons. The molecule has 2 N–H and O–H groups in total. The molecule has 2 fully saturated rings. The van der Waals surface area contributed by atoms with Crippen molar-refractivity contribution in [2.45, 2.75) is 44.7 Å². The fourth-order valence-electron chi connectivity index (χ4n) is 2.17. The molecule has 1 saturated carbocycles. The zero-order valence-electron chi connectivity index (χ0n) is 7.97. The van der Waals surface area contributed by atoms with E-state index in [2.05, 4.69) is 17.6 Å². The van der Waals surface area contributed by atoms with E-state index in [-0.39, 0.29) is 0 Å². The maximum atomic E-state index is 3.71. The van der Waals surface area contributed by atoms with Gasteiger partial charge in [0.25, 0.3) is 0 Å². The Bertz CT molecular complexity index is 135. The van der Waals surface area contributed by atoms with Gasteiger partial charge in [0, 0.05) is 25.2 Å². The highest BCUT2D eigenvalue weighted by atomic mass is 15.1. The second-order valence-corrected chi connectivity index (χ2v) is 4.48. The Hall–Kier alpha value is -0.0800. The summed E-state index contributed by atoms with van der Waals surface area (Å²) in [6.07, 6.45) is 5.66. The summed E-state index contributed by atoms with van der Waals surface area (Å²) in [5.41, 5.74) is 0. The van der Waals surface area contributed by atoms with Crippen LogP contribution in [-0.4, -0.2) is 25.2 Å². The molecule has 0 spiro atoms. The van der Waals surface area contributed by atoms with E-state index in [1.165, 1.54) is 38.8 Å². The minimum absolute atomic E-state index is 0.781. The van der Waals surface area contributed by atoms with Crippen molar-refractivity contribution in [3.8, 4) is 0 Å². The first-order valence-electron chi connectivity index (χ1n) is 5.31. The third kappa shape index (κ3) is 1.99. The van der Waals surface area contributed by atoms with Crippen LogP contribution in [0.4, 0.5) is 0 Å². The molecule has 1 aliphatic carbocycles. The number of nitrogens with one attached hydrogen (secondary N) is 2. The van der Waals surface area contributed by atoms with Gasteiger partial charge in [-0.2, -0.15) is 0 Å². The van der Waals surface area contributed by atoms with Gasteiger partial charge in [0.05, 0.1) is 0 Å². The first-order valence-corrected chi connectivity index (χ1v) is 5.31. The smallest absolute Gasteiger partial charge is 0.0319 e. The Morgan fingerprint density at radius 3 is 2.17 bits per heavy atom. The molecule has 0 aromatic heterocycles. The average Bonchev–Trinajstić information content (AvgIpc) is 2.00. The molecule has 0 amide bonds. The van der Waals surface area contributed by atoms with Crippen molar-refractivity contribution in [1.82, 2.24) is 10.6 Å². The third-order valence-electron chi connectivity index (χ3n) is 3.27. The Labute approximate surface area is 75.1 Å². The first-order chi connectivity index (χ1) is 5.84. The van der Waals surface area contributed by atoms with Gasteiger partial charge in [-0.15, -0.1) is 0 Å². The monoisotopic (exact) mass is 168 g/mol.